The van der Waals surface area contributed by atoms with Gasteiger partial charge >= 0.3 is 0 Å². The maximum absolute atomic E-state index is 11.8. The third kappa shape index (κ3) is 5.22. The monoisotopic (exact) mass is 253 g/mol. The van der Waals surface area contributed by atoms with Crippen molar-refractivity contribution in [3.8, 4) is 0 Å². The van der Waals surface area contributed by atoms with Crippen LogP contribution in [0.3, 0.4) is 0 Å². The summed E-state index contributed by atoms with van der Waals surface area (Å²) < 4.78 is 0. The van der Waals surface area contributed by atoms with E-state index in [4.69, 9.17) is 11.6 Å². The highest BCUT2D eigenvalue weighted by molar-refractivity contribution is 6.17. The summed E-state index contributed by atoms with van der Waals surface area (Å²) in [5.74, 6) is 0.460. The topological polar surface area (TPSA) is 29.1 Å². The molecule has 1 aromatic carbocycles. The van der Waals surface area contributed by atoms with E-state index in [0.717, 1.165) is 12.0 Å². The summed E-state index contributed by atoms with van der Waals surface area (Å²) in [4.78, 5) is 11.8. The van der Waals surface area contributed by atoms with Gasteiger partial charge in [0.15, 0.2) is 0 Å². The Bertz CT molecular complexity index is 365. The predicted octanol–water partition coefficient (Wildman–Crippen LogP) is 3.59. The Kier molecular flexibility index (Phi) is 5.01. The van der Waals surface area contributed by atoms with Crippen LogP contribution in [0.15, 0.2) is 24.3 Å². The van der Waals surface area contributed by atoms with Crippen LogP contribution >= 0.6 is 11.6 Å². The molecule has 1 rings (SSSR count). The summed E-state index contributed by atoms with van der Waals surface area (Å²) in [5.41, 5.74) is 1.96. The standard InChI is InChI=1S/C14H20ClNO/c1-14(2,3)8-9-16-13(17)12-6-4-11(10-15)5-7-12/h4-7H,8-10H2,1-3H3,(H,16,17). The highest BCUT2D eigenvalue weighted by atomic mass is 35.5. The molecule has 0 unspecified atom stereocenters. The number of alkyl halides is 1. The number of amides is 1. The lowest BCUT2D eigenvalue weighted by Gasteiger charge is -2.18. The summed E-state index contributed by atoms with van der Waals surface area (Å²) >= 11 is 5.69. The Balaban J connectivity index is 2.47. The van der Waals surface area contributed by atoms with Gasteiger partial charge in [0.1, 0.15) is 0 Å². The fourth-order valence-corrected chi connectivity index (χ4v) is 1.58. The van der Waals surface area contributed by atoms with E-state index < -0.39 is 0 Å². The van der Waals surface area contributed by atoms with E-state index >= 15 is 0 Å². The number of hydrogen-bond acceptors (Lipinski definition) is 1. The van der Waals surface area contributed by atoms with Crippen molar-refractivity contribution in [2.24, 2.45) is 5.41 Å². The highest BCUT2D eigenvalue weighted by Gasteiger charge is 2.11. The maximum atomic E-state index is 11.8. The number of halogens is 1. The van der Waals surface area contributed by atoms with Gasteiger partial charge in [0.05, 0.1) is 0 Å². The second-order valence-electron chi connectivity index (χ2n) is 5.40. The van der Waals surface area contributed by atoms with E-state index in [2.05, 4.69) is 26.1 Å². The van der Waals surface area contributed by atoms with E-state index in [1.807, 2.05) is 24.3 Å². The predicted molar refractivity (Wildman–Crippen MR) is 72.4 cm³/mol. The first-order valence-corrected chi connectivity index (χ1v) is 6.39. The van der Waals surface area contributed by atoms with E-state index in [9.17, 15) is 4.79 Å². The Morgan fingerprint density at radius 1 is 1.24 bits per heavy atom. The Labute approximate surface area is 108 Å². The molecule has 2 nitrogen and oxygen atoms in total. The third-order valence-electron chi connectivity index (χ3n) is 2.53. The van der Waals surface area contributed by atoms with Gasteiger partial charge in [0, 0.05) is 18.0 Å². The quantitative estimate of drug-likeness (QED) is 0.817. The average molecular weight is 254 g/mol. The second-order valence-corrected chi connectivity index (χ2v) is 5.66. The van der Waals surface area contributed by atoms with Crippen LogP contribution < -0.4 is 5.32 Å². The van der Waals surface area contributed by atoms with Crippen molar-refractivity contribution in [2.45, 2.75) is 33.1 Å². The van der Waals surface area contributed by atoms with E-state index in [-0.39, 0.29) is 11.3 Å². The zero-order chi connectivity index (χ0) is 12.9. The normalized spacial score (nSPS) is 11.3. The van der Waals surface area contributed by atoms with Gasteiger partial charge in [0.25, 0.3) is 5.91 Å². The first kappa shape index (κ1) is 14.0. The number of carbonyl (C=O) groups excluding carboxylic acids is 1. The number of rotatable bonds is 4. The zero-order valence-electron chi connectivity index (χ0n) is 10.7. The fraction of sp³-hybridized carbons (Fsp3) is 0.500. The van der Waals surface area contributed by atoms with Crippen molar-refractivity contribution in [1.82, 2.24) is 5.32 Å². The van der Waals surface area contributed by atoms with Crippen molar-refractivity contribution in [2.75, 3.05) is 6.54 Å². The molecule has 0 spiro atoms. The SMILES string of the molecule is CC(C)(C)CCNC(=O)c1ccc(CCl)cc1. The van der Waals surface area contributed by atoms with Gasteiger partial charge in [-0.3, -0.25) is 4.79 Å². The minimum Gasteiger partial charge on any atom is -0.352 e. The lowest BCUT2D eigenvalue weighted by Crippen LogP contribution is -2.27. The molecule has 1 aromatic rings. The van der Waals surface area contributed by atoms with Crippen LogP contribution in [0.2, 0.25) is 0 Å². The molecule has 17 heavy (non-hydrogen) atoms. The molecule has 0 saturated heterocycles. The molecule has 3 heteroatoms. The minimum atomic E-state index is -0.0182. The largest absolute Gasteiger partial charge is 0.352 e. The van der Waals surface area contributed by atoms with Crippen molar-refractivity contribution >= 4 is 17.5 Å². The fourth-order valence-electron chi connectivity index (χ4n) is 1.40. The molecule has 94 valence electrons. The first-order chi connectivity index (χ1) is 7.92. The molecule has 0 heterocycles. The summed E-state index contributed by atoms with van der Waals surface area (Å²) in [6.45, 7) is 7.19. The molecule has 0 radical (unpaired) electrons. The summed E-state index contributed by atoms with van der Waals surface area (Å²) in [6, 6.07) is 7.38. The van der Waals surface area contributed by atoms with Gasteiger partial charge in [-0.25, -0.2) is 0 Å². The van der Waals surface area contributed by atoms with Gasteiger partial charge in [-0.15, -0.1) is 11.6 Å². The molecule has 0 aliphatic carbocycles. The first-order valence-electron chi connectivity index (χ1n) is 5.85. The van der Waals surface area contributed by atoms with Gasteiger partial charge < -0.3 is 5.32 Å². The summed E-state index contributed by atoms with van der Waals surface area (Å²) in [7, 11) is 0. The summed E-state index contributed by atoms with van der Waals surface area (Å²) in [5, 5.41) is 2.92. The van der Waals surface area contributed by atoms with Gasteiger partial charge in [-0.1, -0.05) is 32.9 Å². The Morgan fingerprint density at radius 2 is 1.82 bits per heavy atom. The molecule has 0 aliphatic heterocycles. The van der Waals surface area contributed by atoms with Crippen molar-refractivity contribution in [3.63, 3.8) is 0 Å². The van der Waals surface area contributed by atoms with Crippen LogP contribution in [0.4, 0.5) is 0 Å². The maximum Gasteiger partial charge on any atom is 0.251 e. The lowest BCUT2D eigenvalue weighted by atomic mass is 9.92. The van der Waals surface area contributed by atoms with Gasteiger partial charge in [-0.05, 0) is 29.5 Å². The summed E-state index contributed by atoms with van der Waals surface area (Å²) in [6.07, 6.45) is 0.971. The number of carbonyl (C=O) groups is 1. The van der Waals surface area contributed by atoms with Gasteiger partial charge in [0.2, 0.25) is 0 Å². The lowest BCUT2D eigenvalue weighted by molar-refractivity contribution is 0.0949. The highest BCUT2D eigenvalue weighted by Crippen LogP contribution is 2.17. The molecule has 0 aliphatic rings. The number of nitrogens with one attached hydrogen (secondary N) is 1. The molecule has 1 amide bonds. The van der Waals surface area contributed by atoms with Crippen LogP contribution in [0.25, 0.3) is 0 Å². The van der Waals surface area contributed by atoms with Crippen LogP contribution in [-0.2, 0) is 5.88 Å². The van der Waals surface area contributed by atoms with Crippen LogP contribution in [0, 0.1) is 5.41 Å². The smallest absolute Gasteiger partial charge is 0.251 e. The molecule has 1 N–H and O–H groups in total. The van der Waals surface area contributed by atoms with Crippen molar-refractivity contribution < 1.29 is 4.79 Å². The molecule has 0 saturated carbocycles. The van der Waals surface area contributed by atoms with E-state index in [1.165, 1.54) is 0 Å². The Hall–Kier alpha value is -1.02. The van der Waals surface area contributed by atoms with Crippen molar-refractivity contribution in [1.29, 1.82) is 0 Å². The van der Waals surface area contributed by atoms with Crippen LogP contribution in [-0.4, -0.2) is 12.5 Å². The van der Waals surface area contributed by atoms with Gasteiger partial charge in [-0.2, -0.15) is 0 Å². The number of benzene rings is 1. The minimum absolute atomic E-state index is 0.0182. The Morgan fingerprint density at radius 3 is 2.29 bits per heavy atom. The molecular formula is C14H20ClNO. The molecule has 0 aromatic heterocycles. The van der Waals surface area contributed by atoms with Crippen LogP contribution in [0.1, 0.15) is 43.1 Å². The molecule has 0 bridgehead atoms. The third-order valence-corrected chi connectivity index (χ3v) is 2.84. The molecular weight excluding hydrogens is 234 g/mol. The molecule has 0 atom stereocenters. The second kappa shape index (κ2) is 6.06. The average Bonchev–Trinajstić information content (AvgIpc) is 2.27. The van der Waals surface area contributed by atoms with Crippen LogP contribution in [0.5, 0.6) is 0 Å². The van der Waals surface area contributed by atoms with Crippen molar-refractivity contribution in [3.05, 3.63) is 35.4 Å². The molecule has 0 fully saturated rings. The van der Waals surface area contributed by atoms with E-state index in [1.54, 1.807) is 0 Å². The van der Waals surface area contributed by atoms with E-state index in [0.29, 0.717) is 18.0 Å². The zero-order valence-corrected chi connectivity index (χ0v) is 11.5. The number of hydrogen-bond donors (Lipinski definition) is 1.